The van der Waals surface area contributed by atoms with Crippen LogP contribution in [-0.2, 0) is 20.9 Å². The lowest BCUT2D eigenvalue weighted by Gasteiger charge is -2.49. The normalized spacial score (nSPS) is 29.0. The molecule has 1 saturated carbocycles. The van der Waals surface area contributed by atoms with Gasteiger partial charge >= 0.3 is 0 Å². The van der Waals surface area contributed by atoms with Crippen molar-refractivity contribution < 1.29 is 14.3 Å². The Morgan fingerprint density at radius 2 is 1.69 bits per heavy atom. The Labute approximate surface area is 168 Å². The monoisotopic (exact) mass is 413 g/mol. The van der Waals surface area contributed by atoms with Gasteiger partial charge in [0.15, 0.2) is 5.72 Å². The third-order valence-electron chi connectivity index (χ3n) is 4.89. The minimum atomic E-state index is -0.716. The number of thioether (sulfide) groups is 2. The quantitative estimate of drug-likeness (QED) is 0.705. The van der Waals surface area contributed by atoms with Crippen LogP contribution in [0.1, 0.15) is 32.3 Å². The van der Waals surface area contributed by atoms with Gasteiger partial charge in [-0.1, -0.05) is 37.6 Å². The molecule has 0 aromatic heterocycles. The SMILES string of the molecule is CCSC1CC(=O)CC(SCC)C12OCC(=O)N2Cc1ccc(Cl)cc1. The number of hydrogen-bond acceptors (Lipinski definition) is 5. The van der Waals surface area contributed by atoms with Crippen LogP contribution in [0.4, 0.5) is 0 Å². The molecule has 7 heteroatoms. The maximum atomic E-state index is 12.8. The molecule has 2 aliphatic rings. The Morgan fingerprint density at radius 3 is 2.23 bits per heavy atom. The first-order valence-electron chi connectivity index (χ1n) is 8.95. The molecule has 1 heterocycles. The molecule has 1 amide bonds. The Hall–Kier alpha value is -0.690. The van der Waals surface area contributed by atoms with Gasteiger partial charge in [0.05, 0.1) is 10.5 Å². The van der Waals surface area contributed by atoms with E-state index in [-0.39, 0.29) is 28.8 Å². The maximum absolute atomic E-state index is 12.8. The Bertz CT molecular complexity index is 649. The fourth-order valence-corrected chi connectivity index (χ4v) is 6.62. The van der Waals surface area contributed by atoms with Crippen LogP contribution >= 0.6 is 35.1 Å². The molecule has 1 saturated heterocycles. The van der Waals surface area contributed by atoms with Crippen molar-refractivity contribution in [3.8, 4) is 0 Å². The van der Waals surface area contributed by atoms with Crippen LogP contribution in [0, 0.1) is 0 Å². The number of hydrogen-bond donors (Lipinski definition) is 0. The van der Waals surface area contributed by atoms with Crippen LogP contribution in [-0.4, -0.2) is 50.9 Å². The summed E-state index contributed by atoms with van der Waals surface area (Å²) in [5.41, 5.74) is 0.302. The number of carbonyl (C=O) groups excluding carboxylic acids is 2. The average Bonchev–Trinajstić information content (AvgIpc) is 2.93. The number of carbonyl (C=O) groups is 2. The van der Waals surface area contributed by atoms with E-state index in [1.54, 1.807) is 23.5 Å². The molecule has 0 bridgehead atoms. The van der Waals surface area contributed by atoms with Gasteiger partial charge in [0, 0.05) is 24.4 Å². The number of ketones is 1. The molecule has 3 rings (SSSR count). The standard InChI is InChI=1S/C19H24ClNO3S2/c1-3-25-16-9-15(22)10-17(26-4-2)19(16)21(18(23)12-24-19)11-13-5-7-14(20)8-6-13/h5-8,16-17H,3-4,9-12H2,1-2H3. The summed E-state index contributed by atoms with van der Waals surface area (Å²) in [6.45, 7) is 4.73. The van der Waals surface area contributed by atoms with Crippen molar-refractivity contribution in [2.24, 2.45) is 0 Å². The summed E-state index contributed by atoms with van der Waals surface area (Å²) in [7, 11) is 0. The second-order valence-corrected chi connectivity index (χ2v) is 9.88. The molecule has 0 N–H and O–H groups in total. The number of halogens is 1. The molecule has 0 radical (unpaired) electrons. The molecule has 1 aromatic rings. The fourth-order valence-electron chi connectivity index (χ4n) is 3.80. The van der Waals surface area contributed by atoms with E-state index < -0.39 is 5.72 Å². The van der Waals surface area contributed by atoms with Crippen molar-refractivity contribution in [1.82, 2.24) is 4.90 Å². The minimum Gasteiger partial charge on any atom is -0.343 e. The predicted molar refractivity (Wildman–Crippen MR) is 109 cm³/mol. The van der Waals surface area contributed by atoms with Crippen LogP contribution in [0.5, 0.6) is 0 Å². The van der Waals surface area contributed by atoms with Gasteiger partial charge in [-0.25, -0.2) is 0 Å². The van der Waals surface area contributed by atoms with Gasteiger partial charge < -0.3 is 9.64 Å². The van der Waals surface area contributed by atoms with E-state index in [4.69, 9.17) is 16.3 Å². The molecule has 2 unspecified atom stereocenters. The predicted octanol–water partition coefficient (Wildman–Crippen LogP) is 4.00. The van der Waals surface area contributed by atoms with Crippen LogP contribution < -0.4 is 0 Å². The highest BCUT2D eigenvalue weighted by Gasteiger charge is 2.60. The molecule has 1 aliphatic heterocycles. The van der Waals surface area contributed by atoms with Crippen LogP contribution in [0.25, 0.3) is 0 Å². The summed E-state index contributed by atoms with van der Waals surface area (Å²) in [6, 6.07) is 7.57. The van der Waals surface area contributed by atoms with Crippen molar-refractivity contribution in [2.75, 3.05) is 18.1 Å². The molecule has 2 fully saturated rings. The number of amides is 1. The van der Waals surface area contributed by atoms with Crippen LogP contribution in [0.2, 0.25) is 5.02 Å². The molecule has 142 valence electrons. The van der Waals surface area contributed by atoms with Gasteiger partial charge in [0.2, 0.25) is 0 Å². The number of nitrogens with zero attached hydrogens (tertiary/aromatic N) is 1. The number of benzene rings is 1. The van der Waals surface area contributed by atoms with Crippen LogP contribution in [0.15, 0.2) is 24.3 Å². The molecule has 4 nitrogen and oxygen atoms in total. The summed E-state index contributed by atoms with van der Waals surface area (Å²) < 4.78 is 6.24. The van der Waals surface area contributed by atoms with E-state index in [1.165, 1.54) is 0 Å². The zero-order chi connectivity index (χ0) is 18.7. The highest BCUT2D eigenvalue weighted by Crippen LogP contribution is 2.48. The summed E-state index contributed by atoms with van der Waals surface area (Å²) in [5, 5.41) is 0.614. The molecule has 1 spiro atoms. The summed E-state index contributed by atoms with van der Waals surface area (Å²) in [6.07, 6.45) is 0.924. The van der Waals surface area contributed by atoms with Gasteiger partial charge in [-0.3, -0.25) is 9.59 Å². The second-order valence-electron chi connectivity index (χ2n) is 6.48. The van der Waals surface area contributed by atoms with Crippen molar-refractivity contribution in [3.05, 3.63) is 34.9 Å². The molecule has 2 atom stereocenters. The van der Waals surface area contributed by atoms with E-state index in [9.17, 15) is 9.59 Å². The van der Waals surface area contributed by atoms with Gasteiger partial charge in [-0.15, -0.1) is 0 Å². The number of ether oxygens (including phenoxy) is 1. The van der Waals surface area contributed by atoms with Crippen molar-refractivity contribution in [1.29, 1.82) is 0 Å². The van der Waals surface area contributed by atoms with Crippen molar-refractivity contribution >= 4 is 46.8 Å². The van der Waals surface area contributed by atoms with Crippen LogP contribution in [0.3, 0.4) is 0 Å². The zero-order valence-electron chi connectivity index (χ0n) is 15.1. The molecular formula is C19H24ClNO3S2. The first-order chi connectivity index (χ1) is 12.5. The van der Waals surface area contributed by atoms with E-state index in [2.05, 4.69) is 13.8 Å². The first-order valence-corrected chi connectivity index (χ1v) is 11.4. The Morgan fingerprint density at radius 1 is 1.12 bits per heavy atom. The number of Topliss-reactive ketones (excluding diaryl/α,β-unsaturated/α-hetero) is 1. The van der Waals surface area contributed by atoms with Gasteiger partial charge in [-0.2, -0.15) is 23.5 Å². The highest BCUT2D eigenvalue weighted by atomic mass is 35.5. The first kappa shape index (κ1) is 20.1. The highest BCUT2D eigenvalue weighted by molar-refractivity contribution is 8.01. The Kier molecular flexibility index (Phi) is 6.59. The van der Waals surface area contributed by atoms with Crippen molar-refractivity contribution in [2.45, 2.75) is 49.5 Å². The lowest BCUT2D eigenvalue weighted by Crippen LogP contribution is -2.63. The summed E-state index contributed by atoms with van der Waals surface area (Å²) >= 11 is 9.45. The maximum Gasteiger partial charge on any atom is 0.251 e. The molecule has 1 aliphatic carbocycles. The fraction of sp³-hybridized carbons (Fsp3) is 0.579. The van der Waals surface area contributed by atoms with Gasteiger partial charge in [-0.05, 0) is 29.2 Å². The molecular weight excluding hydrogens is 390 g/mol. The smallest absolute Gasteiger partial charge is 0.251 e. The number of rotatable bonds is 6. The van der Waals surface area contributed by atoms with E-state index in [0.717, 1.165) is 17.1 Å². The third-order valence-corrected chi connectivity index (χ3v) is 7.62. The summed E-state index contributed by atoms with van der Waals surface area (Å²) in [5.74, 6) is 2.03. The molecule has 26 heavy (non-hydrogen) atoms. The minimum absolute atomic E-state index is 0.00212. The van der Waals surface area contributed by atoms with Crippen molar-refractivity contribution in [3.63, 3.8) is 0 Å². The lowest BCUT2D eigenvalue weighted by molar-refractivity contribution is -0.143. The van der Waals surface area contributed by atoms with E-state index >= 15 is 0 Å². The Balaban J connectivity index is 1.97. The van der Waals surface area contributed by atoms with Gasteiger partial charge in [0.1, 0.15) is 12.4 Å². The lowest BCUT2D eigenvalue weighted by atomic mass is 9.88. The van der Waals surface area contributed by atoms with E-state index in [0.29, 0.717) is 24.4 Å². The second kappa shape index (κ2) is 8.55. The van der Waals surface area contributed by atoms with Gasteiger partial charge in [0.25, 0.3) is 5.91 Å². The topological polar surface area (TPSA) is 46.6 Å². The van der Waals surface area contributed by atoms with E-state index in [1.807, 2.05) is 29.2 Å². The largest absolute Gasteiger partial charge is 0.343 e. The zero-order valence-corrected chi connectivity index (χ0v) is 17.5. The third kappa shape index (κ3) is 3.79. The molecule has 1 aromatic carbocycles. The summed E-state index contributed by atoms with van der Waals surface area (Å²) in [4.78, 5) is 27.0. The average molecular weight is 414 g/mol.